The van der Waals surface area contributed by atoms with Crippen LogP contribution < -0.4 is 0 Å². The molecule has 1 saturated heterocycles. The van der Waals surface area contributed by atoms with Gasteiger partial charge < -0.3 is 10.0 Å². The van der Waals surface area contributed by atoms with Crippen molar-refractivity contribution in [3.8, 4) is 0 Å². The average molecular weight is 267 g/mol. The molecule has 0 saturated carbocycles. The molecule has 0 radical (unpaired) electrons. The Balaban J connectivity index is 2.42. The van der Waals surface area contributed by atoms with Gasteiger partial charge in [-0.3, -0.25) is 15.1 Å². The van der Waals surface area contributed by atoms with Crippen LogP contribution in [0.5, 0.6) is 0 Å². The van der Waals surface area contributed by atoms with Gasteiger partial charge in [-0.25, -0.2) is 0 Å². The van der Waals surface area contributed by atoms with Gasteiger partial charge in [-0.2, -0.15) is 0 Å². The maximum atomic E-state index is 10.8. The van der Waals surface area contributed by atoms with Gasteiger partial charge in [0.2, 0.25) is 0 Å². The molecular formula is C11H13N3O3S. The van der Waals surface area contributed by atoms with Crippen molar-refractivity contribution in [2.24, 2.45) is 4.99 Å². The van der Waals surface area contributed by atoms with Gasteiger partial charge in [0.25, 0.3) is 5.69 Å². The van der Waals surface area contributed by atoms with Crippen LogP contribution in [0, 0.1) is 10.1 Å². The van der Waals surface area contributed by atoms with Crippen molar-refractivity contribution in [2.45, 2.75) is 5.72 Å². The van der Waals surface area contributed by atoms with E-state index in [1.807, 2.05) is 0 Å². The van der Waals surface area contributed by atoms with Crippen molar-refractivity contribution in [2.75, 3.05) is 19.8 Å². The van der Waals surface area contributed by atoms with Gasteiger partial charge in [0, 0.05) is 31.8 Å². The summed E-state index contributed by atoms with van der Waals surface area (Å²) in [5.74, 6) is 0.400. The first-order valence-corrected chi connectivity index (χ1v) is 6.28. The zero-order chi connectivity index (χ0) is 13.3. The normalized spacial score (nSPS) is 25.7. The zero-order valence-electron chi connectivity index (χ0n) is 10.0. The quantitative estimate of drug-likeness (QED) is 0.647. The fourth-order valence-electron chi connectivity index (χ4n) is 1.88. The highest BCUT2D eigenvalue weighted by molar-refractivity contribution is 8.14. The van der Waals surface area contributed by atoms with E-state index < -0.39 is 10.6 Å². The van der Waals surface area contributed by atoms with Crippen LogP contribution in [-0.4, -0.2) is 39.9 Å². The molecule has 6 nitrogen and oxygen atoms in total. The average Bonchev–Trinajstić information content (AvgIpc) is 2.67. The van der Waals surface area contributed by atoms with E-state index in [0.29, 0.717) is 16.5 Å². The van der Waals surface area contributed by atoms with Crippen LogP contribution in [0.3, 0.4) is 0 Å². The van der Waals surface area contributed by atoms with E-state index in [0.717, 1.165) is 0 Å². The second-order valence-corrected chi connectivity index (χ2v) is 4.92. The Bertz CT molecular complexity index is 520. The standard InChI is InChI=1S/C11H13N3O3S/c1-12-10-13(2)11(15,7-18-10)8-4-3-5-9(6-8)14(16)17/h3-6,15H,7H2,1-2H3. The number of hydrogen-bond donors (Lipinski definition) is 1. The summed E-state index contributed by atoms with van der Waals surface area (Å²) in [6.07, 6.45) is 0. The summed E-state index contributed by atoms with van der Waals surface area (Å²) in [6, 6.07) is 6.06. The Hall–Kier alpha value is -1.60. The predicted octanol–water partition coefficient (Wildman–Crippen LogP) is 1.40. The Labute approximate surface area is 108 Å². The summed E-state index contributed by atoms with van der Waals surface area (Å²) in [5.41, 5.74) is -0.766. The van der Waals surface area contributed by atoms with Crippen LogP contribution in [0.2, 0.25) is 0 Å². The van der Waals surface area contributed by atoms with Crippen LogP contribution in [-0.2, 0) is 5.72 Å². The first-order valence-electron chi connectivity index (χ1n) is 5.30. The molecule has 0 amide bonds. The summed E-state index contributed by atoms with van der Waals surface area (Å²) in [7, 11) is 3.37. The highest BCUT2D eigenvalue weighted by Crippen LogP contribution is 2.38. The lowest BCUT2D eigenvalue weighted by atomic mass is 10.0. The summed E-state index contributed by atoms with van der Waals surface area (Å²) in [6.45, 7) is 0. The van der Waals surface area contributed by atoms with E-state index in [1.165, 1.54) is 23.9 Å². The summed E-state index contributed by atoms with van der Waals surface area (Å²) >= 11 is 1.42. The summed E-state index contributed by atoms with van der Waals surface area (Å²) in [4.78, 5) is 16.0. The van der Waals surface area contributed by atoms with E-state index in [2.05, 4.69) is 4.99 Å². The fraction of sp³-hybridized carbons (Fsp3) is 0.364. The molecule has 1 fully saturated rings. The van der Waals surface area contributed by atoms with Crippen LogP contribution >= 0.6 is 11.8 Å². The second-order valence-electron chi connectivity index (χ2n) is 3.98. The van der Waals surface area contributed by atoms with Crippen molar-refractivity contribution < 1.29 is 10.0 Å². The van der Waals surface area contributed by atoms with Crippen molar-refractivity contribution in [3.63, 3.8) is 0 Å². The largest absolute Gasteiger partial charge is 0.366 e. The lowest BCUT2D eigenvalue weighted by Gasteiger charge is -2.31. The molecule has 7 heteroatoms. The van der Waals surface area contributed by atoms with Crippen LogP contribution in [0.4, 0.5) is 5.69 Å². The van der Waals surface area contributed by atoms with E-state index in [4.69, 9.17) is 0 Å². The minimum atomic E-state index is -1.24. The zero-order valence-corrected chi connectivity index (χ0v) is 10.8. The topological polar surface area (TPSA) is 79.0 Å². The first kappa shape index (κ1) is 12.8. The SMILES string of the molecule is CN=C1SCC(O)(c2cccc([N+](=O)[O-])c2)N1C. The van der Waals surface area contributed by atoms with Gasteiger partial charge in [0.15, 0.2) is 10.9 Å². The van der Waals surface area contributed by atoms with Gasteiger partial charge in [-0.1, -0.05) is 23.9 Å². The molecule has 2 rings (SSSR count). The Kier molecular flexibility index (Phi) is 3.27. The highest BCUT2D eigenvalue weighted by atomic mass is 32.2. The Morgan fingerprint density at radius 3 is 2.89 bits per heavy atom. The van der Waals surface area contributed by atoms with Gasteiger partial charge in [0.05, 0.1) is 10.7 Å². The van der Waals surface area contributed by atoms with E-state index >= 15 is 0 Å². The highest BCUT2D eigenvalue weighted by Gasteiger charge is 2.42. The van der Waals surface area contributed by atoms with Crippen LogP contribution in [0.25, 0.3) is 0 Å². The third kappa shape index (κ3) is 1.95. The molecule has 1 atom stereocenters. The third-order valence-corrected chi connectivity index (χ3v) is 4.22. The van der Waals surface area contributed by atoms with Gasteiger partial charge >= 0.3 is 0 Å². The molecule has 0 aromatic heterocycles. The molecule has 0 spiro atoms. The Morgan fingerprint density at radius 2 is 2.33 bits per heavy atom. The number of aliphatic hydroxyl groups is 1. The van der Waals surface area contributed by atoms with Gasteiger partial charge in [0.1, 0.15) is 0 Å². The minimum Gasteiger partial charge on any atom is -0.366 e. The van der Waals surface area contributed by atoms with Gasteiger partial charge in [-0.05, 0) is 0 Å². The molecule has 96 valence electrons. The number of rotatable bonds is 2. The van der Waals surface area contributed by atoms with Crippen LogP contribution in [0.1, 0.15) is 5.56 Å². The molecule has 1 N–H and O–H groups in total. The second kappa shape index (κ2) is 4.58. The summed E-state index contributed by atoms with van der Waals surface area (Å²) in [5, 5.41) is 22.1. The van der Waals surface area contributed by atoms with Crippen molar-refractivity contribution >= 4 is 22.6 Å². The van der Waals surface area contributed by atoms with Crippen molar-refractivity contribution in [1.82, 2.24) is 4.90 Å². The molecule has 18 heavy (non-hydrogen) atoms. The van der Waals surface area contributed by atoms with Crippen molar-refractivity contribution in [3.05, 3.63) is 39.9 Å². The number of hydrogen-bond acceptors (Lipinski definition) is 5. The maximum Gasteiger partial charge on any atom is 0.269 e. The van der Waals surface area contributed by atoms with E-state index in [-0.39, 0.29) is 5.69 Å². The number of amidine groups is 1. The maximum absolute atomic E-state index is 10.8. The Morgan fingerprint density at radius 1 is 1.61 bits per heavy atom. The monoisotopic (exact) mass is 267 g/mol. The lowest BCUT2D eigenvalue weighted by molar-refractivity contribution is -0.385. The number of nitro groups is 1. The first-order chi connectivity index (χ1) is 8.49. The minimum absolute atomic E-state index is 0.0267. The number of nitrogens with zero attached hydrogens (tertiary/aromatic N) is 3. The number of non-ortho nitro benzene ring substituents is 1. The molecule has 1 unspecified atom stereocenters. The molecule has 1 aromatic rings. The van der Waals surface area contributed by atoms with Crippen LogP contribution in [0.15, 0.2) is 29.3 Å². The molecule has 1 aromatic carbocycles. The molecule has 1 aliphatic heterocycles. The van der Waals surface area contributed by atoms with E-state index in [1.54, 1.807) is 31.1 Å². The number of aliphatic imine (C=N–C) groups is 1. The smallest absolute Gasteiger partial charge is 0.269 e. The molecular weight excluding hydrogens is 254 g/mol. The number of nitro benzene ring substituents is 1. The van der Waals surface area contributed by atoms with Gasteiger partial charge in [-0.15, -0.1) is 0 Å². The lowest BCUT2D eigenvalue weighted by Crippen LogP contribution is -2.42. The van der Waals surface area contributed by atoms with E-state index in [9.17, 15) is 15.2 Å². The molecule has 0 bridgehead atoms. The molecule has 1 heterocycles. The molecule has 1 aliphatic rings. The fourth-order valence-corrected chi connectivity index (χ4v) is 3.04. The number of thioether (sulfide) groups is 1. The molecule has 0 aliphatic carbocycles. The number of benzene rings is 1. The third-order valence-electron chi connectivity index (χ3n) is 2.95. The predicted molar refractivity (Wildman–Crippen MR) is 70.6 cm³/mol. The van der Waals surface area contributed by atoms with Crippen molar-refractivity contribution in [1.29, 1.82) is 0 Å². The summed E-state index contributed by atoms with van der Waals surface area (Å²) < 4.78 is 0.